The Bertz CT molecular complexity index is 990. The second-order valence-electron chi connectivity index (χ2n) is 6.23. The maximum Gasteiger partial charge on any atom is 0.0607 e. The zero-order valence-electron chi connectivity index (χ0n) is 14.8. The van der Waals surface area contributed by atoms with E-state index in [4.69, 9.17) is 0 Å². The van der Waals surface area contributed by atoms with Gasteiger partial charge < -0.3 is 10.6 Å². The highest BCUT2D eigenvalue weighted by molar-refractivity contribution is 6.05. The third kappa shape index (κ3) is 3.09. The first-order valence-corrected chi connectivity index (χ1v) is 8.61. The zero-order valence-corrected chi connectivity index (χ0v) is 14.8. The number of fused-ring (bicyclic) bond motifs is 1. The third-order valence-electron chi connectivity index (χ3n) is 4.46. The smallest absolute Gasteiger partial charge is 0.0607 e. The van der Waals surface area contributed by atoms with E-state index in [1.807, 2.05) is 50.5 Å². The monoisotopic (exact) mass is 340 g/mol. The molecule has 0 aliphatic rings. The first kappa shape index (κ1) is 16.1. The van der Waals surface area contributed by atoms with Gasteiger partial charge in [-0.05, 0) is 55.6 Å². The Hall–Kier alpha value is -3.40. The van der Waals surface area contributed by atoms with Gasteiger partial charge in [0.1, 0.15) is 0 Å². The number of benzene rings is 2. The van der Waals surface area contributed by atoms with E-state index in [1.54, 1.807) is 0 Å². The van der Waals surface area contributed by atoms with Crippen molar-refractivity contribution < 1.29 is 0 Å². The lowest BCUT2D eigenvalue weighted by atomic mass is 10.1. The van der Waals surface area contributed by atoms with Crippen LogP contribution in [-0.2, 0) is 0 Å². The summed E-state index contributed by atoms with van der Waals surface area (Å²) >= 11 is 0. The Morgan fingerprint density at radius 2 is 1.04 bits per heavy atom. The molecule has 0 unspecified atom stereocenters. The molecule has 0 radical (unpaired) electrons. The molecule has 0 atom stereocenters. The molecular weight excluding hydrogens is 320 g/mol. The minimum absolute atomic E-state index is 0.970. The number of pyridine rings is 2. The van der Waals surface area contributed by atoms with Crippen LogP contribution in [0.5, 0.6) is 0 Å². The van der Waals surface area contributed by atoms with Crippen molar-refractivity contribution in [3.05, 3.63) is 84.4 Å². The molecule has 4 aromatic rings. The van der Waals surface area contributed by atoms with E-state index in [0.717, 1.165) is 39.5 Å². The molecule has 128 valence electrons. The number of nitrogens with zero attached hydrogens (tertiary/aromatic N) is 2. The van der Waals surface area contributed by atoms with E-state index < -0.39 is 0 Å². The minimum Gasteiger partial charge on any atom is -0.353 e. The van der Waals surface area contributed by atoms with Crippen molar-refractivity contribution in [1.82, 2.24) is 9.97 Å². The lowest BCUT2D eigenvalue weighted by Gasteiger charge is -2.16. The van der Waals surface area contributed by atoms with Crippen LogP contribution >= 0.6 is 0 Å². The number of nitrogens with one attached hydrogen (secondary N) is 2. The van der Waals surface area contributed by atoms with Crippen molar-refractivity contribution in [3.63, 3.8) is 0 Å². The van der Waals surface area contributed by atoms with Gasteiger partial charge in [-0.2, -0.15) is 0 Å². The van der Waals surface area contributed by atoms with Gasteiger partial charge in [-0.25, -0.2) is 0 Å². The zero-order chi connectivity index (χ0) is 17.9. The summed E-state index contributed by atoms with van der Waals surface area (Å²) in [7, 11) is 0. The molecule has 2 aromatic heterocycles. The van der Waals surface area contributed by atoms with Crippen LogP contribution in [0.1, 0.15) is 11.4 Å². The molecule has 0 fully saturated rings. The molecule has 0 bridgehead atoms. The predicted molar refractivity (Wildman–Crippen MR) is 108 cm³/mol. The molecule has 0 spiro atoms. The van der Waals surface area contributed by atoms with Crippen LogP contribution in [0.2, 0.25) is 0 Å². The van der Waals surface area contributed by atoms with Crippen LogP contribution < -0.4 is 10.6 Å². The molecule has 0 saturated heterocycles. The van der Waals surface area contributed by atoms with Crippen molar-refractivity contribution in [1.29, 1.82) is 0 Å². The molecule has 2 aromatic carbocycles. The largest absolute Gasteiger partial charge is 0.353 e. The Morgan fingerprint density at radius 3 is 1.50 bits per heavy atom. The fourth-order valence-corrected chi connectivity index (χ4v) is 3.07. The van der Waals surface area contributed by atoms with Gasteiger partial charge >= 0.3 is 0 Å². The van der Waals surface area contributed by atoms with Crippen molar-refractivity contribution in [2.45, 2.75) is 13.8 Å². The van der Waals surface area contributed by atoms with Gasteiger partial charge in [0.15, 0.2) is 0 Å². The summed E-state index contributed by atoms with van der Waals surface area (Å²) in [5.74, 6) is 0. The van der Waals surface area contributed by atoms with Crippen LogP contribution in [-0.4, -0.2) is 9.97 Å². The summed E-state index contributed by atoms with van der Waals surface area (Å²) < 4.78 is 0. The summed E-state index contributed by atoms with van der Waals surface area (Å²) in [6.45, 7) is 4.01. The summed E-state index contributed by atoms with van der Waals surface area (Å²) in [4.78, 5) is 8.74. The third-order valence-corrected chi connectivity index (χ3v) is 4.46. The van der Waals surface area contributed by atoms with Crippen LogP contribution in [0.3, 0.4) is 0 Å². The first-order valence-electron chi connectivity index (χ1n) is 8.61. The van der Waals surface area contributed by atoms with Gasteiger partial charge in [-0.15, -0.1) is 0 Å². The maximum atomic E-state index is 4.37. The fraction of sp³-hybridized carbons (Fsp3) is 0.0909. The second kappa shape index (κ2) is 6.84. The Morgan fingerprint density at radius 1 is 0.577 bits per heavy atom. The normalized spacial score (nSPS) is 10.7. The predicted octanol–water partition coefficient (Wildman–Crippen LogP) is 5.73. The molecule has 4 nitrogen and oxygen atoms in total. The number of aryl methyl sites for hydroxylation is 2. The molecule has 0 amide bonds. The lowest BCUT2D eigenvalue weighted by Crippen LogP contribution is -1.99. The van der Waals surface area contributed by atoms with Crippen LogP contribution in [0, 0.1) is 13.8 Å². The number of aromatic nitrogens is 2. The molecule has 26 heavy (non-hydrogen) atoms. The highest BCUT2D eigenvalue weighted by atomic mass is 14.9. The Kier molecular flexibility index (Phi) is 4.23. The molecule has 2 N–H and O–H groups in total. The number of anilines is 4. The Balaban J connectivity index is 1.82. The second-order valence-corrected chi connectivity index (χ2v) is 6.23. The number of hydrogen-bond acceptors (Lipinski definition) is 4. The van der Waals surface area contributed by atoms with E-state index in [1.165, 1.54) is 5.39 Å². The summed E-state index contributed by atoms with van der Waals surface area (Å²) in [6, 6.07) is 20.5. The van der Waals surface area contributed by atoms with Gasteiger partial charge in [-0.1, -0.05) is 24.3 Å². The van der Waals surface area contributed by atoms with Crippen LogP contribution in [0.4, 0.5) is 22.7 Å². The molecule has 0 saturated carbocycles. The number of hydrogen-bond donors (Lipinski definition) is 2. The SMILES string of the molecule is Cc1ncccc1Nc1cccc2cccc(Nc3cccnc3C)c12. The standard InChI is InChI=1S/C22H20N4/c1-15-18(11-5-13-23-15)25-20-9-3-7-17-8-4-10-21(22(17)20)26-19-12-6-14-24-16(19)2/h3-14,25-26H,1-2H3. The van der Waals surface area contributed by atoms with Crippen molar-refractivity contribution in [2.24, 2.45) is 0 Å². The fourth-order valence-electron chi connectivity index (χ4n) is 3.07. The van der Waals surface area contributed by atoms with Crippen molar-refractivity contribution in [3.8, 4) is 0 Å². The topological polar surface area (TPSA) is 49.8 Å². The van der Waals surface area contributed by atoms with Gasteiger partial charge in [0.25, 0.3) is 0 Å². The number of rotatable bonds is 4. The van der Waals surface area contributed by atoms with E-state index >= 15 is 0 Å². The highest BCUT2D eigenvalue weighted by Crippen LogP contribution is 2.34. The maximum absolute atomic E-state index is 4.37. The van der Waals surface area contributed by atoms with Crippen molar-refractivity contribution in [2.75, 3.05) is 10.6 Å². The van der Waals surface area contributed by atoms with E-state index in [-0.39, 0.29) is 0 Å². The van der Waals surface area contributed by atoms with Gasteiger partial charge in [0.05, 0.1) is 22.8 Å². The van der Waals surface area contributed by atoms with Crippen molar-refractivity contribution >= 4 is 33.5 Å². The van der Waals surface area contributed by atoms with E-state index in [2.05, 4.69) is 57.0 Å². The highest BCUT2D eigenvalue weighted by Gasteiger charge is 2.09. The van der Waals surface area contributed by atoms with Crippen LogP contribution in [0.25, 0.3) is 10.8 Å². The Labute approximate surface area is 152 Å². The minimum atomic E-state index is 0.970. The molecule has 0 aliphatic heterocycles. The lowest BCUT2D eigenvalue weighted by molar-refractivity contribution is 1.20. The molecular formula is C22H20N4. The molecule has 4 heteroatoms. The summed E-state index contributed by atoms with van der Waals surface area (Å²) in [6.07, 6.45) is 3.61. The molecule has 4 rings (SSSR count). The van der Waals surface area contributed by atoms with E-state index in [9.17, 15) is 0 Å². The van der Waals surface area contributed by atoms with Gasteiger partial charge in [0, 0.05) is 29.2 Å². The average Bonchev–Trinajstić information content (AvgIpc) is 2.66. The van der Waals surface area contributed by atoms with Crippen LogP contribution in [0.15, 0.2) is 73.1 Å². The molecule has 0 aliphatic carbocycles. The van der Waals surface area contributed by atoms with E-state index in [0.29, 0.717) is 0 Å². The average molecular weight is 340 g/mol. The summed E-state index contributed by atoms with van der Waals surface area (Å²) in [5.41, 5.74) is 6.04. The van der Waals surface area contributed by atoms with Gasteiger partial charge in [-0.3, -0.25) is 9.97 Å². The summed E-state index contributed by atoms with van der Waals surface area (Å²) in [5, 5.41) is 9.39. The quantitative estimate of drug-likeness (QED) is 0.498. The molecule has 2 heterocycles. The first-order chi connectivity index (χ1) is 12.7. The van der Waals surface area contributed by atoms with Gasteiger partial charge in [0.2, 0.25) is 0 Å².